The van der Waals surface area contributed by atoms with Gasteiger partial charge < -0.3 is 11.1 Å². The smallest absolute Gasteiger partial charge is 0.252 e. The van der Waals surface area contributed by atoms with Gasteiger partial charge in [-0.2, -0.15) is 11.8 Å². The van der Waals surface area contributed by atoms with Crippen molar-refractivity contribution in [2.75, 3.05) is 24.3 Å². The first kappa shape index (κ1) is 15.2. The van der Waals surface area contributed by atoms with Crippen LogP contribution in [0.2, 0.25) is 5.02 Å². The van der Waals surface area contributed by atoms with Crippen LogP contribution in [0.1, 0.15) is 29.6 Å². The largest absolute Gasteiger partial charge is 0.398 e. The monoisotopic (exact) mass is 286 g/mol. The lowest BCUT2D eigenvalue weighted by molar-refractivity contribution is 0.0953. The third-order valence-corrected chi connectivity index (χ3v) is 3.70. The molecule has 1 aromatic rings. The van der Waals surface area contributed by atoms with Crippen LogP contribution in [0, 0.1) is 0 Å². The summed E-state index contributed by atoms with van der Waals surface area (Å²) in [5.74, 6) is 1.02. The fourth-order valence-corrected chi connectivity index (χ4v) is 2.28. The third kappa shape index (κ3) is 4.78. The predicted molar refractivity (Wildman–Crippen MR) is 80.4 cm³/mol. The lowest BCUT2D eigenvalue weighted by Crippen LogP contribution is -2.24. The first-order chi connectivity index (χ1) is 8.66. The first-order valence-corrected chi connectivity index (χ1v) is 7.75. The Labute approximate surface area is 117 Å². The molecule has 0 aromatic heterocycles. The van der Waals surface area contributed by atoms with E-state index < -0.39 is 0 Å². The van der Waals surface area contributed by atoms with Crippen molar-refractivity contribution in [1.82, 2.24) is 5.32 Å². The van der Waals surface area contributed by atoms with E-state index >= 15 is 0 Å². The maximum absolute atomic E-state index is 11.9. The Hall–Kier alpha value is -0.870. The molecule has 0 aliphatic heterocycles. The number of nitrogens with one attached hydrogen (secondary N) is 1. The number of rotatable bonds is 7. The van der Waals surface area contributed by atoms with Gasteiger partial charge in [-0.1, -0.05) is 24.1 Å². The van der Waals surface area contributed by atoms with Gasteiger partial charge in [-0.3, -0.25) is 4.79 Å². The van der Waals surface area contributed by atoms with E-state index in [0.29, 0.717) is 22.8 Å². The molecule has 0 fully saturated rings. The second kappa shape index (κ2) is 8.27. The number of unbranched alkanes of at least 4 members (excludes halogenated alkanes) is 2. The van der Waals surface area contributed by atoms with Crippen LogP contribution in [-0.4, -0.2) is 24.5 Å². The zero-order valence-corrected chi connectivity index (χ0v) is 12.1. The van der Waals surface area contributed by atoms with Crippen LogP contribution in [-0.2, 0) is 0 Å². The van der Waals surface area contributed by atoms with Crippen molar-refractivity contribution < 1.29 is 4.79 Å². The summed E-state index contributed by atoms with van der Waals surface area (Å²) in [6.45, 7) is 0.679. The average molecular weight is 287 g/mol. The molecule has 1 amide bonds. The molecule has 1 rings (SSSR count). The van der Waals surface area contributed by atoms with Crippen molar-refractivity contribution in [1.29, 1.82) is 0 Å². The van der Waals surface area contributed by atoms with Crippen LogP contribution < -0.4 is 11.1 Å². The van der Waals surface area contributed by atoms with E-state index in [2.05, 4.69) is 11.6 Å². The maximum Gasteiger partial charge on any atom is 0.252 e. The zero-order chi connectivity index (χ0) is 13.4. The molecule has 0 saturated heterocycles. The Balaban J connectivity index is 2.35. The highest BCUT2D eigenvalue weighted by Gasteiger charge is 2.10. The van der Waals surface area contributed by atoms with E-state index in [4.69, 9.17) is 17.3 Å². The van der Waals surface area contributed by atoms with Gasteiger partial charge in [-0.15, -0.1) is 0 Å². The quantitative estimate of drug-likeness (QED) is 0.598. The summed E-state index contributed by atoms with van der Waals surface area (Å²) < 4.78 is 0. The Bertz CT molecular complexity index is 399. The fourth-order valence-electron chi connectivity index (χ4n) is 1.57. The van der Waals surface area contributed by atoms with Crippen molar-refractivity contribution in [2.24, 2.45) is 0 Å². The Morgan fingerprint density at radius 1 is 1.39 bits per heavy atom. The molecule has 3 N–H and O–H groups in total. The summed E-state index contributed by atoms with van der Waals surface area (Å²) in [6, 6.07) is 5.10. The number of thioether (sulfide) groups is 1. The summed E-state index contributed by atoms with van der Waals surface area (Å²) >= 11 is 7.83. The molecular weight excluding hydrogens is 268 g/mol. The molecule has 0 unspecified atom stereocenters. The molecule has 0 atom stereocenters. The number of carbonyl (C=O) groups is 1. The van der Waals surface area contributed by atoms with Gasteiger partial charge in [0, 0.05) is 6.54 Å². The average Bonchev–Trinajstić information content (AvgIpc) is 2.36. The van der Waals surface area contributed by atoms with Gasteiger partial charge in [-0.05, 0) is 37.0 Å². The number of anilines is 1. The molecule has 18 heavy (non-hydrogen) atoms. The van der Waals surface area contributed by atoms with E-state index in [9.17, 15) is 4.79 Å². The van der Waals surface area contributed by atoms with Crippen LogP contribution in [0.3, 0.4) is 0 Å². The molecule has 5 heteroatoms. The molecule has 0 radical (unpaired) electrons. The van der Waals surface area contributed by atoms with Crippen molar-refractivity contribution in [3.05, 3.63) is 28.8 Å². The minimum Gasteiger partial charge on any atom is -0.398 e. The fraction of sp³-hybridized carbons (Fsp3) is 0.462. The van der Waals surface area contributed by atoms with E-state index in [-0.39, 0.29) is 5.91 Å². The zero-order valence-electron chi connectivity index (χ0n) is 10.5. The molecule has 100 valence electrons. The van der Waals surface area contributed by atoms with Gasteiger partial charge in [0.1, 0.15) is 0 Å². The SMILES string of the molecule is CSCCCCCNC(=O)c1cccc(N)c1Cl. The number of halogens is 1. The van der Waals surface area contributed by atoms with Crippen LogP contribution in [0.5, 0.6) is 0 Å². The number of amides is 1. The number of benzene rings is 1. The summed E-state index contributed by atoms with van der Waals surface area (Å²) in [7, 11) is 0. The van der Waals surface area contributed by atoms with E-state index in [1.807, 2.05) is 11.8 Å². The Kier molecular flexibility index (Phi) is 6.98. The summed E-state index contributed by atoms with van der Waals surface area (Å²) in [4.78, 5) is 11.9. The van der Waals surface area contributed by atoms with Crippen LogP contribution in [0.25, 0.3) is 0 Å². The van der Waals surface area contributed by atoms with Crippen molar-refractivity contribution in [3.63, 3.8) is 0 Å². The normalized spacial score (nSPS) is 10.3. The van der Waals surface area contributed by atoms with Crippen molar-refractivity contribution in [3.8, 4) is 0 Å². The minimum absolute atomic E-state index is 0.155. The maximum atomic E-state index is 11.9. The standard InChI is InChI=1S/C13H19ClN2OS/c1-18-9-4-2-3-8-16-13(17)10-6-5-7-11(15)12(10)14/h5-7H,2-4,8-9,15H2,1H3,(H,16,17). The van der Waals surface area contributed by atoms with Gasteiger partial charge in [0.2, 0.25) is 0 Å². The second-order valence-corrected chi connectivity index (χ2v) is 5.38. The lowest BCUT2D eigenvalue weighted by Gasteiger charge is -2.07. The topological polar surface area (TPSA) is 55.1 Å². The van der Waals surface area contributed by atoms with E-state index in [1.165, 1.54) is 12.2 Å². The van der Waals surface area contributed by atoms with Gasteiger partial charge in [0.25, 0.3) is 5.91 Å². The number of nitrogens with two attached hydrogens (primary N) is 1. The number of carbonyl (C=O) groups excluding carboxylic acids is 1. The van der Waals surface area contributed by atoms with E-state index in [1.54, 1.807) is 18.2 Å². The van der Waals surface area contributed by atoms with Gasteiger partial charge in [0.15, 0.2) is 0 Å². The minimum atomic E-state index is -0.155. The van der Waals surface area contributed by atoms with Crippen molar-refractivity contribution in [2.45, 2.75) is 19.3 Å². The van der Waals surface area contributed by atoms with Crippen molar-refractivity contribution >= 4 is 35.0 Å². The molecule has 0 aliphatic rings. The van der Waals surface area contributed by atoms with Crippen LogP contribution >= 0.6 is 23.4 Å². The lowest BCUT2D eigenvalue weighted by atomic mass is 10.2. The first-order valence-electron chi connectivity index (χ1n) is 5.98. The number of hydrogen-bond donors (Lipinski definition) is 2. The third-order valence-electron chi connectivity index (χ3n) is 2.58. The number of nitrogen functional groups attached to an aromatic ring is 1. The number of hydrogen-bond acceptors (Lipinski definition) is 3. The van der Waals surface area contributed by atoms with Crippen LogP contribution in [0.15, 0.2) is 18.2 Å². The Morgan fingerprint density at radius 3 is 2.89 bits per heavy atom. The molecule has 0 saturated carbocycles. The highest BCUT2D eigenvalue weighted by Crippen LogP contribution is 2.22. The molecule has 0 spiro atoms. The van der Waals surface area contributed by atoms with Gasteiger partial charge in [0.05, 0.1) is 16.3 Å². The summed E-state index contributed by atoms with van der Waals surface area (Å²) in [5, 5.41) is 3.19. The van der Waals surface area contributed by atoms with Crippen LogP contribution in [0.4, 0.5) is 5.69 Å². The molecule has 3 nitrogen and oxygen atoms in total. The molecule has 0 aliphatic carbocycles. The highest BCUT2D eigenvalue weighted by molar-refractivity contribution is 7.98. The predicted octanol–water partition coefficient (Wildman–Crippen LogP) is 3.19. The second-order valence-electron chi connectivity index (χ2n) is 4.02. The molecule has 0 bridgehead atoms. The van der Waals surface area contributed by atoms with Gasteiger partial charge in [-0.25, -0.2) is 0 Å². The molecular formula is C13H19ClN2OS. The molecule has 0 heterocycles. The Morgan fingerprint density at radius 2 is 2.17 bits per heavy atom. The van der Waals surface area contributed by atoms with Gasteiger partial charge >= 0.3 is 0 Å². The highest BCUT2D eigenvalue weighted by atomic mass is 35.5. The summed E-state index contributed by atoms with van der Waals surface area (Å²) in [6.07, 6.45) is 5.41. The summed E-state index contributed by atoms with van der Waals surface area (Å²) in [5.41, 5.74) is 6.53. The van der Waals surface area contributed by atoms with E-state index in [0.717, 1.165) is 12.8 Å². The molecule has 1 aromatic carbocycles.